The fraction of sp³-hybridized carbons (Fsp3) is 0.636. The molecule has 1 aromatic rings. The van der Waals surface area contributed by atoms with Gasteiger partial charge in [0.2, 0.25) is 0 Å². The Kier molecular flexibility index (Phi) is 5.15. The standard InChI is InChI=1S/C11H19NOS/c1-4-10(8-13-3)12-7-11-9(2)5-6-14-11/h5-6,10,12H,4,7-8H2,1-3H3. The Hall–Kier alpha value is -0.380. The summed E-state index contributed by atoms with van der Waals surface area (Å²) >= 11 is 1.82. The SMILES string of the molecule is CCC(COC)NCc1sccc1C. The summed E-state index contributed by atoms with van der Waals surface area (Å²) in [5.41, 5.74) is 1.38. The Morgan fingerprint density at radius 3 is 2.86 bits per heavy atom. The van der Waals surface area contributed by atoms with Crippen molar-refractivity contribution in [2.24, 2.45) is 0 Å². The van der Waals surface area contributed by atoms with Crippen molar-refractivity contribution < 1.29 is 4.74 Å². The molecule has 0 spiro atoms. The maximum Gasteiger partial charge on any atom is 0.0615 e. The van der Waals surface area contributed by atoms with E-state index in [1.807, 2.05) is 11.3 Å². The first-order valence-corrected chi connectivity index (χ1v) is 5.91. The molecule has 0 aliphatic carbocycles. The molecule has 1 N–H and O–H groups in total. The van der Waals surface area contributed by atoms with Gasteiger partial charge in [-0.05, 0) is 30.4 Å². The van der Waals surface area contributed by atoms with Crippen LogP contribution < -0.4 is 5.32 Å². The highest BCUT2D eigenvalue weighted by Crippen LogP contribution is 2.15. The van der Waals surface area contributed by atoms with E-state index < -0.39 is 0 Å². The van der Waals surface area contributed by atoms with Crippen LogP contribution in [0.2, 0.25) is 0 Å². The molecule has 0 aromatic carbocycles. The van der Waals surface area contributed by atoms with E-state index in [1.54, 1.807) is 7.11 Å². The number of nitrogens with one attached hydrogen (secondary N) is 1. The lowest BCUT2D eigenvalue weighted by Gasteiger charge is -2.15. The first-order chi connectivity index (χ1) is 6.77. The number of hydrogen-bond acceptors (Lipinski definition) is 3. The minimum Gasteiger partial charge on any atom is -0.383 e. The maximum atomic E-state index is 5.14. The van der Waals surface area contributed by atoms with Gasteiger partial charge in [0.15, 0.2) is 0 Å². The average Bonchev–Trinajstić information content (AvgIpc) is 2.59. The van der Waals surface area contributed by atoms with Crippen LogP contribution in [0.15, 0.2) is 11.4 Å². The van der Waals surface area contributed by atoms with Gasteiger partial charge in [-0.2, -0.15) is 0 Å². The van der Waals surface area contributed by atoms with Gasteiger partial charge in [-0.1, -0.05) is 6.92 Å². The van der Waals surface area contributed by atoms with Gasteiger partial charge in [-0.3, -0.25) is 0 Å². The van der Waals surface area contributed by atoms with Crippen LogP contribution in [0.25, 0.3) is 0 Å². The summed E-state index contributed by atoms with van der Waals surface area (Å²) in [4.78, 5) is 1.43. The predicted molar refractivity (Wildman–Crippen MR) is 61.9 cm³/mol. The Morgan fingerprint density at radius 2 is 2.36 bits per heavy atom. The Bertz CT molecular complexity index is 260. The number of ether oxygens (including phenoxy) is 1. The highest BCUT2D eigenvalue weighted by Gasteiger charge is 2.06. The van der Waals surface area contributed by atoms with Gasteiger partial charge in [0.1, 0.15) is 0 Å². The van der Waals surface area contributed by atoms with Crippen molar-refractivity contribution >= 4 is 11.3 Å². The third-order valence-electron chi connectivity index (χ3n) is 2.38. The summed E-state index contributed by atoms with van der Waals surface area (Å²) in [5.74, 6) is 0. The highest BCUT2D eigenvalue weighted by molar-refractivity contribution is 7.10. The van der Waals surface area contributed by atoms with E-state index in [0.29, 0.717) is 6.04 Å². The summed E-state index contributed by atoms with van der Waals surface area (Å²) in [6.07, 6.45) is 1.11. The highest BCUT2D eigenvalue weighted by atomic mass is 32.1. The molecule has 1 aromatic heterocycles. The lowest BCUT2D eigenvalue weighted by Crippen LogP contribution is -2.31. The monoisotopic (exact) mass is 213 g/mol. The van der Waals surface area contributed by atoms with Crippen LogP contribution in [0.4, 0.5) is 0 Å². The van der Waals surface area contributed by atoms with Crippen LogP contribution in [-0.4, -0.2) is 19.8 Å². The summed E-state index contributed by atoms with van der Waals surface area (Å²) < 4.78 is 5.14. The summed E-state index contributed by atoms with van der Waals surface area (Å²) in [5, 5.41) is 5.64. The predicted octanol–water partition coefficient (Wildman–Crippen LogP) is 2.57. The second kappa shape index (κ2) is 6.17. The Morgan fingerprint density at radius 1 is 1.57 bits per heavy atom. The van der Waals surface area contributed by atoms with Crippen molar-refractivity contribution in [3.05, 3.63) is 21.9 Å². The molecular formula is C11H19NOS. The van der Waals surface area contributed by atoms with Gasteiger partial charge >= 0.3 is 0 Å². The van der Waals surface area contributed by atoms with Crippen molar-refractivity contribution in [3.63, 3.8) is 0 Å². The second-order valence-corrected chi connectivity index (χ2v) is 4.47. The van der Waals surface area contributed by atoms with Gasteiger partial charge in [0.25, 0.3) is 0 Å². The van der Waals surface area contributed by atoms with Crippen LogP contribution in [0.5, 0.6) is 0 Å². The topological polar surface area (TPSA) is 21.3 Å². The number of rotatable bonds is 6. The van der Waals surface area contributed by atoms with Crippen LogP contribution in [0, 0.1) is 6.92 Å². The molecule has 1 rings (SSSR count). The van der Waals surface area contributed by atoms with E-state index in [-0.39, 0.29) is 0 Å². The van der Waals surface area contributed by atoms with E-state index in [4.69, 9.17) is 4.74 Å². The van der Waals surface area contributed by atoms with Gasteiger partial charge in [-0.25, -0.2) is 0 Å². The van der Waals surface area contributed by atoms with Crippen molar-refractivity contribution in [2.45, 2.75) is 32.9 Å². The molecule has 2 nitrogen and oxygen atoms in total. The molecule has 80 valence electrons. The van der Waals surface area contributed by atoms with Gasteiger partial charge in [-0.15, -0.1) is 11.3 Å². The molecule has 0 fully saturated rings. The number of hydrogen-bond donors (Lipinski definition) is 1. The largest absolute Gasteiger partial charge is 0.383 e. The molecule has 0 amide bonds. The first kappa shape index (κ1) is 11.7. The number of aryl methyl sites for hydroxylation is 1. The smallest absolute Gasteiger partial charge is 0.0615 e. The lowest BCUT2D eigenvalue weighted by atomic mass is 10.2. The van der Waals surface area contributed by atoms with Crippen molar-refractivity contribution in [1.82, 2.24) is 5.32 Å². The molecule has 0 saturated carbocycles. The molecular weight excluding hydrogens is 194 g/mol. The molecule has 0 aliphatic rings. The molecule has 3 heteroatoms. The summed E-state index contributed by atoms with van der Waals surface area (Å²) in [6, 6.07) is 2.64. The van der Waals surface area contributed by atoms with E-state index in [0.717, 1.165) is 19.6 Å². The van der Waals surface area contributed by atoms with E-state index in [9.17, 15) is 0 Å². The van der Waals surface area contributed by atoms with Crippen molar-refractivity contribution in [1.29, 1.82) is 0 Å². The van der Waals surface area contributed by atoms with Crippen molar-refractivity contribution in [3.8, 4) is 0 Å². The zero-order valence-corrected chi connectivity index (χ0v) is 9.99. The minimum atomic E-state index is 0.474. The van der Waals surface area contributed by atoms with Gasteiger partial charge in [0, 0.05) is 24.6 Å². The van der Waals surface area contributed by atoms with E-state index in [1.165, 1.54) is 10.4 Å². The quantitative estimate of drug-likeness (QED) is 0.784. The van der Waals surface area contributed by atoms with Crippen LogP contribution in [0.1, 0.15) is 23.8 Å². The molecule has 1 atom stereocenters. The molecule has 1 heterocycles. The van der Waals surface area contributed by atoms with Gasteiger partial charge in [0.05, 0.1) is 6.61 Å². The average molecular weight is 213 g/mol. The van der Waals surface area contributed by atoms with Crippen LogP contribution >= 0.6 is 11.3 Å². The van der Waals surface area contributed by atoms with E-state index >= 15 is 0 Å². The Balaban J connectivity index is 2.35. The third-order valence-corrected chi connectivity index (χ3v) is 3.40. The summed E-state index contributed by atoms with van der Waals surface area (Å²) in [7, 11) is 1.75. The first-order valence-electron chi connectivity index (χ1n) is 5.03. The van der Waals surface area contributed by atoms with Crippen LogP contribution in [-0.2, 0) is 11.3 Å². The van der Waals surface area contributed by atoms with E-state index in [2.05, 4.69) is 30.6 Å². The van der Waals surface area contributed by atoms with Crippen molar-refractivity contribution in [2.75, 3.05) is 13.7 Å². The zero-order valence-electron chi connectivity index (χ0n) is 9.17. The number of thiophene rings is 1. The molecule has 0 saturated heterocycles. The van der Waals surface area contributed by atoms with Gasteiger partial charge < -0.3 is 10.1 Å². The molecule has 1 unspecified atom stereocenters. The normalized spacial score (nSPS) is 13.1. The molecule has 0 bridgehead atoms. The molecule has 0 radical (unpaired) electrons. The zero-order chi connectivity index (χ0) is 10.4. The van der Waals surface area contributed by atoms with Crippen LogP contribution in [0.3, 0.4) is 0 Å². The maximum absolute atomic E-state index is 5.14. The fourth-order valence-corrected chi connectivity index (χ4v) is 2.20. The minimum absolute atomic E-state index is 0.474. The number of methoxy groups -OCH3 is 1. The molecule has 0 aliphatic heterocycles. The second-order valence-electron chi connectivity index (χ2n) is 3.47. The fourth-order valence-electron chi connectivity index (χ4n) is 1.34. The Labute approximate surface area is 90.3 Å². The molecule has 14 heavy (non-hydrogen) atoms. The third kappa shape index (κ3) is 3.40. The summed E-state index contributed by atoms with van der Waals surface area (Å²) in [6.45, 7) is 6.09. The lowest BCUT2D eigenvalue weighted by molar-refractivity contribution is 0.164.